The zero-order chi connectivity index (χ0) is 19.0. The van der Waals surface area contributed by atoms with E-state index in [4.69, 9.17) is 9.47 Å². The molecule has 2 heterocycles. The topological polar surface area (TPSA) is 110 Å². The number of methoxy groups -OCH3 is 2. The Bertz CT molecular complexity index is 1110. The van der Waals surface area contributed by atoms with Crippen LogP contribution >= 0.6 is 0 Å². The quantitative estimate of drug-likeness (QED) is 0.713. The van der Waals surface area contributed by atoms with Gasteiger partial charge in [0.1, 0.15) is 11.4 Å². The van der Waals surface area contributed by atoms with Gasteiger partial charge in [0, 0.05) is 11.8 Å². The number of hydrogen-bond acceptors (Lipinski definition) is 6. The van der Waals surface area contributed by atoms with Crippen LogP contribution in [0.5, 0.6) is 11.6 Å². The molecule has 2 atom stereocenters. The number of benzene rings is 1. The van der Waals surface area contributed by atoms with Crippen molar-refractivity contribution in [2.75, 3.05) is 14.2 Å². The van der Waals surface area contributed by atoms with Gasteiger partial charge in [-0.25, -0.2) is 4.79 Å². The molecule has 1 saturated carbocycles. The van der Waals surface area contributed by atoms with E-state index in [1.165, 1.54) is 11.8 Å². The molecule has 0 aliphatic heterocycles. The van der Waals surface area contributed by atoms with Crippen LogP contribution < -0.4 is 20.7 Å². The first-order valence-electron chi connectivity index (χ1n) is 8.48. The first kappa shape index (κ1) is 17.0. The molecule has 2 aromatic heterocycles. The Morgan fingerprint density at radius 2 is 1.93 bits per heavy atom. The van der Waals surface area contributed by atoms with E-state index < -0.39 is 11.2 Å². The minimum atomic E-state index is -0.564. The summed E-state index contributed by atoms with van der Waals surface area (Å²) in [6.45, 7) is 0. The Kier molecular flexibility index (Phi) is 4.23. The van der Waals surface area contributed by atoms with E-state index >= 15 is 0 Å². The van der Waals surface area contributed by atoms with Gasteiger partial charge in [-0.05, 0) is 42.0 Å². The van der Waals surface area contributed by atoms with Gasteiger partial charge in [-0.1, -0.05) is 12.1 Å². The standard InChI is InChI=1S/C19H18N4O4/c1-26-11-5-3-4-10(6-11)12-7-13(12)14-8-16(22-23-18(14)27-2)15-9-20-19(25)21-17(15)24/h3-6,8-9,12-13H,7H2,1-2H3,(H2,20,21,24,25)/t12-,13?/m1/s1. The maximum absolute atomic E-state index is 12.1. The molecule has 1 aliphatic rings. The van der Waals surface area contributed by atoms with Crippen molar-refractivity contribution in [3.63, 3.8) is 0 Å². The summed E-state index contributed by atoms with van der Waals surface area (Å²) in [5.41, 5.74) is 1.64. The lowest BCUT2D eigenvalue weighted by molar-refractivity contribution is 0.386. The van der Waals surface area contributed by atoms with Gasteiger partial charge in [0.25, 0.3) is 5.56 Å². The molecule has 27 heavy (non-hydrogen) atoms. The molecule has 1 aliphatic carbocycles. The highest BCUT2D eigenvalue weighted by Gasteiger charge is 2.42. The molecule has 0 radical (unpaired) electrons. The highest BCUT2D eigenvalue weighted by molar-refractivity contribution is 5.59. The van der Waals surface area contributed by atoms with E-state index in [1.54, 1.807) is 20.3 Å². The molecule has 0 saturated heterocycles. The van der Waals surface area contributed by atoms with Crippen molar-refractivity contribution >= 4 is 0 Å². The predicted molar refractivity (Wildman–Crippen MR) is 98.4 cm³/mol. The van der Waals surface area contributed by atoms with Crippen LogP contribution in [0.15, 0.2) is 46.1 Å². The van der Waals surface area contributed by atoms with Crippen molar-refractivity contribution in [2.45, 2.75) is 18.3 Å². The SMILES string of the molecule is COc1cccc([C@H]2CC2c2cc(-c3c[nH]c(=O)[nH]c3=O)nnc2OC)c1. The molecule has 8 heteroatoms. The largest absolute Gasteiger partial charge is 0.497 e. The maximum Gasteiger partial charge on any atom is 0.325 e. The first-order chi connectivity index (χ1) is 13.1. The molecule has 0 bridgehead atoms. The molecule has 0 amide bonds. The Balaban J connectivity index is 1.70. The molecular formula is C19H18N4O4. The summed E-state index contributed by atoms with van der Waals surface area (Å²) >= 11 is 0. The molecule has 1 unspecified atom stereocenters. The number of nitrogens with one attached hydrogen (secondary N) is 2. The van der Waals surface area contributed by atoms with Gasteiger partial charge >= 0.3 is 5.69 Å². The summed E-state index contributed by atoms with van der Waals surface area (Å²) in [7, 11) is 3.19. The number of ether oxygens (including phenoxy) is 2. The maximum atomic E-state index is 12.1. The number of aromatic amines is 2. The average Bonchev–Trinajstić information content (AvgIpc) is 3.48. The van der Waals surface area contributed by atoms with Crippen LogP contribution in [-0.2, 0) is 0 Å². The van der Waals surface area contributed by atoms with Gasteiger partial charge in [0.2, 0.25) is 5.88 Å². The van der Waals surface area contributed by atoms with Crippen molar-refractivity contribution in [1.82, 2.24) is 20.2 Å². The molecule has 1 aromatic carbocycles. The minimum absolute atomic E-state index is 0.211. The second-order valence-corrected chi connectivity index (χ2v) is 6.41. The number of H-pyrrole nitrogens is 2. The van der Waals surface area contributed by atoms with Crippen molar-refractivity contribution in [2.24, 2.45) is 0 Å². The smallest absolute Gasteiger partial charge is 0.325 e. The fraction of sp³-hybridized carbons (Fsp3) is 0.263. The molecule has 2 N–H and O–H groups in total. The van der Waals surface area contributed by atoms with Crippen molar-refractivity contribution in [3.05, 3.63) is 68.5 Å². The summed E-state index contributed by atoms with van der Waals surface area (Å²) in [4.78, 5) is 27.9. The summed E-state index contributed by atoms with van der Waals surface area (Å²) < 4.78 is 10.7. The van der Waals surface area contributed by atoms with E-state index in [-0.39, 0.29) is 11.5 Å². The van der Waals surface area contributed by atoms with Crippen LogP contribution in [0.3, 0.4) is 0 Å². The van der Waals surface area contributed by atoms with Crippen LogP contribution in [0, 0.1) is 0 Å². The molecule has 1 fully saturated rings. The predicted octanol–water partition coefficient (Wildman–Crippen LogP) is 1.81. The Labute approximate surface area is 154 Å². The summed E-state index contributed by atoms with van der Waals surface area (Å²) in [6, 6.07) is 9.79. The second-order valence-electron chi connectivity index (χ2n) is 6.41. The van der Waals surface area contributed by atoms with E-state index in [2.05, 4.69) is 26.2 Å². The lowest BCUT2D eigenvalue weighted by Gasteiger charge is -2.09. The lowest BCUT2D eigenvalue weighted by atomic mass is 10.0. The molecule has 8 nitrogen and oxygen atoms in total. The van der Waals surface area contributed by atoms with Gasteiger partial charge in [-0.15, -0.1) is 10.2 Å². The van der Waals surface area contributed by atoms with E-state index in [9.17, 15) is 9.59 Å². The second kappa shape index (κ2) is 6.71. The van der Waals surface area contributed by atoms with E-state index in [0.717, 1.165) is 17.7 Å². The fourth-order valence-electron chi connectivity index (χ4n) is 3.33. The zero-order valence-electron chi connectivity index (χ0n) is 14.9. The highest BCUT2D eigenvalue weighted by Crippen LogP contribution is 2.56. The van der Waals surface area contributed by atoms with E-state index in [1.807, 2.05) is 18.2 Å². The van der Waals surface area contributed by atoms with Crippen molar-refractivity contribution < 1.29 is 9.47 Å². The average molecular weight is 366 g/mol. The fourth-order valence-corrected chi connectivity index (χ4v) is 3.33. The molecule has 3 aromatic rings. The summed E-state index contributed by atoms with van der Waals surface area (Å²) in [6.07, 6.45) is 2.28. The van der Waals surface area contributed by atoms with Gasteiger partial charge < -0.3 is 14.5 Å². The highest BCUT2D eigenvalue weighted by atomic mass is 16.5. The van der Waals surface area contributed by atoms with Crippen molar-refractivity contribution in [1.29, 1.82) is 0 Å². The minimum Gasteiger partial charge on any atom is -0.497 e. The molecular weight excluding hydrogens is 348 g/mol. The van der Waals surface area contributed by atoms with Crippen LogP contribution in [0.4, 0.5) is 0 Å². The summed E-state index contributed by atoms with van der Waals surface area (Å²) in [5.74, 6) is 1.79. The lowest BCUT2D eigenvalue weighted by Crippen LogP contribution is -2.23. The van der Waals surface area contributed by atoms with E-state index in [0.29, 0.717) is 17.5 Å². The van der Waals surface area contributed by atoms with Crippen LogP contribution in [0.2, 0.25) is 0 Å². The number of aromatic nitrogens is 4. The molecule has 4 rings (SSSR count). The monoisotopic (exact) mass is 366 g/mol. The molecule has 138 valence electrons. The number of nitrogens with zero attached hydrogens (tertiary/aromatic N) is 2. The van der Waals surface area contributed by atoms with Gasteiger partial charge in [0.05, 0.1) is 19.8 Å². The van der Waals surface area contributed by atoms with Gasteiger partial charge in [0.15, 0.2) is 0 Å². The van der Waals surface area contributed by atoms with Crippen LogP contribution in [0.1, 0.15) is 29.4 Å². The third kappa shape index (κ3) is 3.21. The van der Waals surface area contributed by atoms with Gasteiger partial charge in [-0.3, -0.25) is 9.78 Å². The number of rotatable bonds is 5. The zero-order valence-corrected chi connectivity index (χ0v) is 14.9. The van der Waals surface area contributed by atoms with Crippen LogP contribution in [-0.4, -0.2) is 34.4 Å². The Hall–Kier alpha value is -3.42. The third-order valence-electron chi connectivity index (χ3n) is 4.79. The van der Waals surface area contributed by atoms with Crippen LogP contribution in [0.25, 0.3) is 11.3 Å². The first-order valence-corrected chi connectivity index (χ1v) is 8.48. The van der Waals surface area contributed by atoms with Gasteiger partial charge in [-0.2, -0.15) is 0 Å². The summed E-state index contributed by atoms with van der Waals surface area (Å²) in [5, 5.41) is 8.19. The molecule has 0 spiro atoms. The Morgan fingerprint density at radius 1 is 1.07 bits per heavy atom. The third-order valence-corrected chi connectivity index (χ3v) is 4.79. The number of hydrogen-bond donors (Lipinski definition) is 2. The Morgan fingerprint density at radius 3 is 2.67 bits per heavy atom. The normalized spacial score (nSPS) is 18.1. The van der Waals surface area contributed by atoms with Crippen molar-refractivity contribution in [3.8, 4) is 22.9 Å².